The molecule has 0 bridgehead atoms. The van der Waals surface area contributed by atoms with E-state index in [0.717, 1.165) is 154 Å². The number of hydrogen-bond donors (Lipinski definition) is 3. The zero-order chi connectivity index (χ0) is 76.0. The zero-order valence-corrected chi connectivity index (χ0v) is 67.2. The van der Waals surface area contributed by atoms with Gasteiger partial charge in [-0.3, -0.25) is 37.3 Å². The Bertz CT molecular complexity index is 2440. The number of unbranched alkanes of at least 4 members (excludes halogenated alkanes) is 30. The van der Waals surface area contributed by atoms with Crippen molar-refractivity contribution in [1.29, 1.82) is 0 Å². The fourth-order valence-corrected chi connectivity index (χ4v) is 12.4. The smallest absolute Gasteiger partial charge is 0.462 e. The molecule has 0 saturated carbocycles. The van der Waals surface area contributed by atoms with Crippen molar-refractivity contribution in [2.75, 3.05) is 39.6 Å². The van der Waals surface area contributed by atoms with Crippen LogP contribution in [0.5, 0.6) is 0 Å². The lowest BCUT2D eigenvalue weighted by Gasteiger charge is -2.21. The molecular formula is C85H146O17P2. The average molecular weight is 1500 g/mol. The number of aliphatic hydroxyl groups excluding tert-OH is 1. The van der Waals surface area contributed by atoms with Crippen LogP contribution in [0.1, 0.15) is 336 Å². The first-order valence-electron chi connectivity index (χ1n) is 40.8. The molecule has 5 unspecified atom stereocenters. The van der Waals surface area contributed by atoms with Gasteiger partial charge in [0, 0.05) is 25.7 Å². The SMILES string of the molecule is CC/C=C\C/C=C\C/C=C\C/C=C\C/C=C\C/C=C\CCC(=O)OCC(COP(=O)(O)OCC(O)COP(=O)(O)OCC(COC(=O)CCCCCCCCCCCCCCCCC)OC(=O)CCCCCCC/C=C\CCCCCC)OC(=O)CCCCCCCCC/C=C\C/C=C\C/C=C\CC. The molecule has 0 aromatic rings. The number of rotatable bonds is 76. The molecule has 17 nitrogen and oxygen atoms in total. The van der Waals surface area contributed by atoms with E-state index in [0.29, 0.717) is 32.1 Å². The third kappa shape index (κ3) is 75.7. The van der Waals surface area contributed by atoms with Crippen LogP contribution in [0.3, 0.4) is 0 Å². The summed E-state index contributed by atoms with van der Waals surface area (Å²) in [6.07, 6.45) is 84.7. The lowest BCUT2D eigenvalue weighted by molar-refractivity contribution is -0.161. The highest BCUT2D eigenvalue weighted by molar-refractivity contribution is 7.47. The molecule has 0 aliphatic rings. The molecule has 5 atom stereocenters. The molecular weight excluding hydrogens is 1350 g/mol. The van der Waals surface area contributed by atoms with E-state index < -0.39 is 97.5 Å². The number of allylic oxidation sites excluding steroid dienone is 20. The van der Waals surface area contributed by atoms with Crippen molar-refractivity contribution in [1.82, 2.24) is 0 Å². The van der Waals surface area contributed by atoms with E-state index in [2.05, 4.69) is 131 Å². The topological polar surface area (TPSA) is 237 Å². The lowest BCUT2D eigenvalue weighted by atomic mass is 10.0. The highest BCUT2D eigenvalue weighted by atomic mass is 31.2. The molecule has 0 amide bonds. The second-order valence-electron chi connectivity index (χ2n) is 27.0. The summed E-state index contributed by atoms with van der Waals surface area (Å²) in [7, 11) is -9.98. The molecule has 0 aromatic carbocycles. The van der Waals surface area contributed by atoms with E-state index >= 15 is 0 Å². The molecule has 598 valence electrons. The van der Waals surface area contributed by atoms with Gasteiger partial charge in [-0.15, -0.1) is 0 Å². The van der Waals surface area contributed by atoms with Crippen molar-refractivity contribution in [3.8, 4) is 0 Å². The Labute approximate surface area is 632 Å². The fraction of sp³-hybridized carbons (Fsp3) is 0.718. The molecule has 3 N–H and O–H groups in total. The van der Waals surface area contributed by atoms with Gasteiger partial charge in [0.15, 0.2) is 12.2 Å². The van der Waals surface area contributed by atoms with E-state index in [1.165, 1.54) is 96.3 Å². The Morgan fingerprint density at radius 1 is 0.279 bits per heavy atom. The summed E-state index contributed by atoms with van der Waals surface area (Å²) < 4.78 is 68.6. The minimum absolute atomic E-state index is 0.0319. The third-order valence-electron chi connectivity index (χ3n) is 16.9. The number of ether oxygens (including phenoxy) is 4. The predicted octanol–water partition coefficient (Wildman–Crippen LogP) is 23.9. The molecule has 104 heavy (non-hydrogen) atoms. The maximum atomic E-state index is 13.1. The summed E-state index contributed by atoms with van der Waals surface area (Å²) in [4.78, 5) is 73.0. The van der Waals surface area contributed by atoms with Crippen LogP contribution in [0.15, 0.2) is 122 Å². The number of hydrogen-bond acceptors (Lipinski definition) is 15. The van der Waals surface area contributed by atoms with Crippen molar-refractivity contribution >= 4 is 39.5 Å². The summed E-state index contributed by atoms with van der Waals surface area (Å²) in [5.74, 6) is -2.28. The molecule has 0 aliphatic carbocycles. The predicted molar refractivity (Wildman–Crippen MR) is 427 cm³/mol. The standard InChI is InChI=1S/C85H146O17P2/c1-5-9-13-17-21-25-29-33-36-38-39-41-43-47-50-54-58-62-66-70-83(88)96-76-81(102-85(90)72-68-64-60-56-52-48-44-40-37-34-30-26-22-18-14-10-6-2)78-100-104(93,94)98-74-79(86)73-97-103(91,92)99-77-80(101-84(89)71-67-63-59-55-51-45-32-28-24-20-16-12-8-4)75-95-82(87)69-65-61-57-53-49-46-42-35-31-27-23-19-15-11-7-3/h9-10,13-14,21-22,25-26,28,32-34,36-37,39,41,47,50,58,62,79-81,86H,5-8,11-12,15-20,23-24,27,29-31,35,38,40,42-46,48-49,51-57,59-61,63-78H2,1-4H3,(H,91,92)(H,93,94)/b13-9-,14-10-,25-21-,26-22-,32-28-,36-33-,37-34-,41-39-,50-47-,62-58-. The maximum Gasteiger partial charge on any atom is 0.472 e. The lowest BCUT2D eigenvalue weighted by Crippen LogP contribution is -2.30. The van der Waals surface area contributed by atoms with Crippen molar-refractivity contribution in [2.24, 2.45) is 0 Å². The highest BCUT2D eigenvalue weighted by Gasteiger charge is 2.30. The average Bonchev–Trinajstić information content (AvgIpc) is 0.911. The minimum atomic E-state index is -5.00. The van der Waals surface area contributed by atoms with Crippen LogP contribution >= 0.6 is 15.6 Å². The van der Waals surface area contributed by atoms with Gasteiger partial charge in [0.2, 0.25) is 0 Å². The van der Waals surface area contributed by atoms with Gasteiger partial charge in [-0.05, 0) is 122 Å². The quantitative estimate of drug-likeness (QED) is 0.0169. The molecule has 0 saturated heterocycles. The maximum absolute atomic E-state index is 13.1. The Hall–Kier alpha value is -4.54. The Morgan fingerprint density at radius 3 is 0.846 bits per heavy atom. The summed E-state index contributed by atoms with van der Waals surface area (Å²) in [6.45, 7) is 4.57. The normalized spacial score (nSPS) is 14.5. The first-order valence-corrected chi connectivity index (χ1v) is 43.8. The summed E-state index contributed by atoms with van der Waals surface area (Å²) in [6, 6.07) is 0. The molecule has 0 fully saturated rings. The van der Waals surface area contributed by atoms with Gasteiger partial charge in [0.25, 0.3) is 0 Å². The first-order chi connectivity index (χ1) is 50.7. The first kappa shape index (κ1) is 99.5. The second kappa shape index (κ2) is 76.6. The van der Waals surface area contributed by atoms with Crippen LogP contribution < -0.4 is 0 Å². The van der Waals surface area contributed by atoms with Crippen LogP contribution in [-0.2, 0) is 65.4 Å². The Kier molecular flexibility index (Phi) is 73.3. The third-order valence-corrected chi connectivity index (χ3v) is 18.8. The Balaban J connectivity index is 5.42. The van der Waals surface area contributed by atoms with Crippen LogP contribution in [0.2, 0.25) is 0 Å². The molecule has 0 spiro atoms. The van der Waals surface area contributed by atoms with Crippen molar-refractivity contribution < 1.29 is 80.2 Å². The van der Waals surface area contributed by atoms with E-state index in [9.17, 15) is 43.2 Å². The van der Waals surface area contributed by atoms with Gasteiger partial charge < -0.3 is 33.8 Å². The minimum Gasteiger partial charge on any atom is -0.462 e. The van der Waals surface area contributed by atoms with Crippen molar-refractivity contribution in [2.45, 2.75) is 354 Å². The van der Waals surface area contributed by atoms with E-state index in [1.54, 1.807) is 0 Å². The summed E-state index contributed by atoms with van der Waals surface area (Å²) in [5, 5.41) is 10.6. The number of phosphoric ester groups is 2. The second-order valence-corrected chi connectivity index (χ2v) is 29.9. The molecule has 0 aliphatic heterocycles. The number of phosphoric acid groups is 2. The van der Waals surface area contributed by atoms with E-state index in [1.807, 2.05) is 18.2 Å². The van der Waals surface area contributed by atoms with Gasteiger partial charge in [-0.25, -0.2) is 9.13 Å². The highest BCUT2D eigenvalue weighted by Crippen LogP contribution is 2.45. The van der Waals surface area contributed by atoms with E-state index in [4.69, 9.17) is 37.0 Å². The molecule has 0 radical (unpaired) electrons. The monoisotopic (exact) mass is 1500 g/mol. The Morgan fingerprint density at radius 2 is 0.519 bits per heavy atom. The van der Waals surface area contributed by atoms with Crippen LogP contribution in [0, 0.1) is 0 Å². The molecule has 19 heteroatoms. The van der Waals surface area contributed by atoms with Crippen molar-refractivity contribution in [3.63, 3.8) is 0 Å². The number of carbonyl (C=O) groups is 4. The van der Waals surface area contributed by atoms with Gasteiger partial charge in [0.05, 0.1) is 26.4 Å². The van der Waals surface area contributed by atoms with Gasteiger partial charge in [0.1, 0.15) is 19.3 Å². The van der Waals surface area contributed by atoms with Gasteiger partial charge >= 0.3 is 39.5 Å². The molecule has 0 heterocycles. The largest absolute Gasteiger partial charge is 0.472 e. The fourth-order valence-electron chi connectivity index (χ4n) is 10.8. The summed E-state index contributed by atoms with van der Waals surface area (Å²) >= 11 is 0. The molecule has 0 rings (SSSR count). The number of aliphatic hydroxyl groups is 1. The van der Waals surface area contributed by atoms with Crippen molar-refractivity contribution in [3.05, 3.63) is 122 Å². The van der Waals surface area contributed by atoms with Crippen LogP contribution in [0.25, 0.3) is 0 Å². The number of carbonyl (C=O) groups excluding carboxylic acids is 4. The van der Waals surface area contributed by atoms with E-state index in [-0.39, 0.29) is 25.7 Å². The van der Waals surface area contributed by atoms with Gasteiger partial charge in [-0.1, -0.05) is 310 Å². The van der Waals surface area contributed by atoms with Crippen LogP contribution in [0.4, 0.5) is 0 Å². The molecule has 0 aromatic heterocycles. The van der Waals surface area contributed by atoms with Crippen LogP contribution in [-0.4, -0.2) is 96.7 Å². The zero-order valence-electron chi connectivity index (χ0n) is 65.4. The number of esters is 4. The summed E-state index contributed by atoms with van der Waals surface area (Å²) in [5.41, 5.74) is 0. The van der Waals surface area contributed by atoms with Gasteiger partial charge in [-0.2, -0.15) is 0 Å².